The first-order valence-corrected chi connectivity index (χ1v) is 4.74. The predicted octanol–water partition coefficient (Wildman–Crippen LogP) is 1.30. The van der Waals surface area contributed by atoms with Crippen molar-refractivity contribution in [3.05, 3.63) is 29.3 Å². The average Bonchev–Trinajstić information content (AvgIpc) is 2.57. The van der Waals surface area contributed by atoms with Gasteiger partial charge in [-0.1, -0.05) is 6.07 Å². The summed E-state index contributed by atoms with van der Waals surface area (Å²) in [5.41, 5.74) is 2.08. The van der Waals surface area contributed by atoms with Crippen molar-refractivity contribution in [3.63, 3.8) is 0 Å². The Kier molecular flexibility index (Phi) is 2.70. The second kappa shape index (κ2) is 3.98. The Bertz CT molecular complexity index is 322. The summed E-state index contributed by atoms with van der Waals surface area (Å²) in [7, 11) is 1.69. The third kappa shape index (κ3) is 1.74. The first-order valence-electron chi connectivity index (χ1n) is 4.74. The van der Waals surface area contributed by atoms with Gasteiger partial charge in [0.05, 0.1) is 6.61 Å². The summed E-state index contributed by atoms with van der Waals surface area (Å²) >= 11 is 0. The van der Waals surface area contributed by atoms with Crippen molar-refractivity contribution in [2.75, 3.05) is 20.3 Å². The van der Waals surface area contributed by atoms with Crippen LogP contribution in [0.5, 0.6) is 5.75 Å². The summed E-state index contributed by atoms with van der Waals surface area (Å²) in [5, 5.41) is 9.57. The van der Waals surface area contributed by atoms with Gasteiger partial charge in [0.25, 0.3) is 0 Å². The monoisotopic (exact) mass is 194 g/mol. The van der Waals surface area contributed by atoms with Gasteiger partial charge in [-0.05, 0) is 24.1 Å². The van der Waals surface area contributed by atoms with Crippen molar-refractivity contribution in [3.8, 4) is 5.75 Å². The van der Waals surface area contributed by atoms with Gasteiger partial charge in [-0.3, -0.25) is 0 Å². The van der Waals surface area contributed by atoms with E-state index in [1.54, 1.807) is 7.11 Å². The van der Waals surface area contributed by atoms with Gasteiger partial charge in [0.15, 0.2) is 0 Å². The third-order valence-corrected chi connectivity index (χ3v) is 2.42. The highest BCUT2D eigenvalue weighted by Crippen LogP contribution is 2.32. The third-order valence-electron chi connectivity index (χ3n) is 2.42. The van der Waals surface area contributed by atoms with Crippen molar-refractivity contribution in [1.82, 2.24) is 0 Å². The van der Waals surface area contributed by atoms with Crippen LogP contribution in [0.15, 0.2) is 18.2 Å². The van der Waals surface area contributed by atoms with E-state index in [0.29, 0.717) is 13.2 Å². The number of benzene rings is 1. The smallest absolute Gasteiger partial charge is 0.125 e. The zero-order chi connectivity index (χ0) is 9.97. The fraction of sp³-hybridized carbons (Fsp3) is 0.455. The van der Waals surface area contributed by atoms with Gasteiger partial charge in [-0.15, -0.1) is 0 Å². The van der Waals surface area contributed by atoms with E-state index in [9.17, 15) is 5.11 Å². The van der Waals surface area contributed by atoms with Gasteiger partial charge >= 0.3 is 0 Å². The minimum absolute atomic E-state index is 0.378. The molecule has 0 aromatic heterocycles. The Morgan fingerprint density at radius 1 is 1.57 bits per heavy atom. The van der Waals surface area contributed by atoms with Crippen LogP contribution in [0.25, 0.3) is 0 Å². The summed E-state index contributed by atoms with van der Waals surface area (Å²) in [6.07, 6.45) is 0.406. The van der Waals surface area contributed by atoms with Crippen molar-refractivity contribution >= 4 is 0 Å². The van der Waals surface area contributed by atoms with Crippen molar-refractivity contribution in [2.45, 2.75) is 12.5 Å². The minimum Gasteiger partial charge on any atom is -0.490 e. The molecule has 2 rings (SSSR count). The maximum Gasteiger partial charge on any atom is 0.125 e. The number of aliphatic hydroxyl groups is 1. The Morgan fingerprint density at radius 3 is 3.21 bits per heavy atom. The Balaban J connectivity index is 2.17. The largest absolute Gasteiger partial charge is 0.490 e. The molecule has 76 valence electrons. The summed E-state index contributed by atoms with van der Waals surface area (Å²) < 4.78 is 10.3. The molecule has 0 saturated carbocycles. The standard InChI is InChI=1S/C11H14O3/c1-13-5-4-8-2-3-11-9(6-8)10(12)7-14-11/h2-3,6,10,12H,4-5,7H2,1H3. The molecule has 1 aliphatic rings. The summed E-state index contributed by atoms with van der Waals surface area (Å²) in [5.74, 6) is 0.804. The number of hydrogen-bond donors (Lipinski definition) is 1. The van der Waals surface area contributed by atoms with Crippen LogP contribution in [0.2, 0.25) is 0 Å². The number of hydrogen-bond acceptors (Lipinski definition) is 3. The average molecular weight is 194 g/mol. The van der Waals surface area contributed by atoms with Gasteiger partial charge < -0.3 is 14.6 Å². The molecule has 14 heavy (non-hydrogen) atoms. The second-order valence-corrected chi connectivity index (χ2v) is 3.44. The fourth-order valence-electron chi connectivity index (χ4n) is 1.62. The minimum atomic E-state index is -0.465. The van der Waals surface area contributed by atoms with Crippen LogP contribution in [0, 0.1) is 0 Å². The lowest BCUT2D eigenvalue weighted by atomic mass is 10.1. The lowest BCUT2D eigenvalue weighted by molar-refractivity contribution is 0.140. The predicted molar refractivity (Wildman–Crippen MR) is 52.5 cm³/mol. The second-order valence-electron chi connectivity index (χ2n) is 3.44. The Labute approximate surface area is 83.3 Å². The van der Waals surface area contributed by atoms with Crippen LogP contribution in [0.3, 0.4) is 0 Å². The van der Waals surface area contributed by atoms with Crippen molar-refractivity contribution < 1.29 is 14.6 Å². The Hall–Kier alpha value is -1.06. The summed E-state index contributed by atoms with van der Waals surface area (Å²) in [6.45, 7) is 1.08. The van der Waals surface area contributed by atoms with E-state index in [4.69, 9.17) is 9.47 Å². The molecule has 0 spiro atoms. The van der Waals surface area contributed by atoms with Crippen molar-refractivity contribution in [2.24, 2.45) is 0 Å². The van der Waals surface area contributed by atoms with Gasteiger partial charge in [0.2, 0.25) is 0 Å². The molecule has 1 unspecified atom stereocenters. The van der Waals surface area contributed by atoms with E-state index in [1.165, 1.54) is 5.56 Å². The van der Waals surface area contributed by atoms with E-state index in [1.807, 2.05) is 18.2 Å². The molecule has 1 N–H and O–H groups in total. The zero-order valence-corrected chi connectivity index (χ0v) is 8.19. The van der Waals surface area contributed by atoms with Gasteiger partial charge in [-0.2, -0.15) is 0 Å². The number of rotatable bonds is 3. The topological polar surface area (TPSA) is 38.7 Å². The quantitative estimate of drug-likeness (QED) is 0.788. The SMILES string of the molecule is COCCc1ccc2c(c1)C(O)CO2. The molecule has 3 heteroatoms. The first kappa shape index (κ1) is 9.49. The van der Waals surface area contributed by atoms with E-state index < -0.39 is 6.10 Å². The van der Waals surface area contributed by atoms with E-state index in [-0.39, 0.29) is 0 Å². The number of methoxy groups -OCH3 is 1. The first-order chi connectivity index (χ1) is 6.81. The van der Waals surface area contributed by atoms with Crippen LogP contribution in [0.1, 0.15) is 17.2 Å². The highest BCUT2D eigenvalue weighted by atomic mass is 16.5. The lowest BCUT2D eigenvalue weighted by Crippen LogP contribution is -1.98. The molecular formula is C11H14O3. The fourth-order valence-corrected chi connectivity index (χ4v) is 1.62. The van der Waals surface area contributed by atoms with Gasteiger partial charge in [0, 0.05) is 12.7 Å². The summed E-state index contributed by atoms with van der Waals surface area (Å²) in [6, 6.07) is 5.92. The molecule has 1 aromatic rings. The molecule has 0 radical (unpaired) electrons. The van der Waals surface area contributed by atoms with Crippen LogP contribution < -0.4 is 4.74 Å². The lowest BCUT2D eigenvalue weighted by Gasteiger charge is -2.04. The molecule has 1 aromatic carbocycles. The van der Waals surface area contributed by atoms with Crippen molar-refractivity contribution in [1.29, 1.82) is 0 Å². The normalized spacial score (nSPS) is 19.1. The molecular weight excluding hydrogens is 180 g/mol. The van der Waals surface area contributed by atoms with Gasteiger partial charge in [-0.25, -0.2) is 0 Å². The zero-order valence-electron chi connectivity index (χ0n) is 8.19. The maximum absolute atomic E-state index is 9.57. The highest BCUT2D eigenvalue weighted by molar-refractivity contribution is 5.41. The molecule has 3 nitrogen and oxygen atoms in total. The molecule has 1 atom stereocenters. The van der Waals surface area contributed by atoms with Crippen LogP contribution >= 0.6 is 0 Å². The molecule has 0 bridgehead atoms. The molecule has 1 aliphatic heterocycles. The molecule has 0 fully saturated rings. The highest BCUT2D eigenvalue weighted by Gasteiger charge is 2.21. The van der Waals surface area contributed by atoms with E-state index in [0.717, 1.165) is 17.7 Å². The van der Waals surface area contributed by atoms with Crippen LogP contribution in [0.4, 0.5) is 0 Å². The van der Waals surface area contributed by atoms with E-state index in [2.05, 4.69) is 0 Å². The van der Waals surface area contributed by atoms with Crippen LogP contribution in [-0.2, 0) is 11.2 Å². The molecule has 0 aliphatic carbocycles. The van der Waals surface area contributed by atoms with E-state index >= 15 is 0 Å². The molecule has 1 heterocycles. The molecule has 0 saturated heterocycles. The number of fused-ring (bicyclic) bond motifs is 1. The summed E-state index contributed by atoms with van der Waals surface area (Å²) in [4.78, 5) is 0. The van der Waals surface area contributed by atoms with Gasteiger partial charge in [0.1, 0.15) is 18.5 Å². The number of aliphatic hydroxyl groups excluding tert-OH is 1. The molecule has 0 amide bonds. The Morgan fingerprint density at radius 2 is 2.43 bits per heavy atom. The van der Waals surface area contributed by atoms with Crippen LogP contribution in [-0.4, -0.2) is 25.4 Å². The number of ether oxygens (including phenoxy) is 2. The maximum atomic E-state index is 9.57.